The number of rotatable bonds is 3. The summed E-state index contributed by atoms with van der Waals surface area (Å²) in [6.07, 6.45) is 2.60. The number of hydrogen-bond donors (Lipinski definition) is 1. The van der Waals surface area contributed by atoms with E-state index in [1.807, 2.05) is 43.3 Å². The summed E-state index contributed by atoms with van der Waals surface area (Å²) in [6.45, 7) is 2.78. The monoisotopic (exact) mass is 365 g/mol. The first kappa shape index (κ1) is 16.6. The van der Waals surface area contributed by atoms with E-state index < -0.39 is 5.41 Å². The molecule has 0 aromatic heterocycles. The Balaban J connectivity index is 1.70. The highest BCUT2D eigenvalue weighted by atomic mass is 16.5. The van der Waals surface area contributed by atoms with Crippen molar-refractivity contribution in [1.82, 2.24) is 0 Å². The van der Waals surface area contributed by atoms with Crippen molar-refractivity contribution < 1.29 is 19.0 Å². The molecule has 3 aliphatic rings. The molecule has 3 heterocycles. The fourth-order valence-electron chi connectivity index (χ4n) is 4.87. The first-order valence-corrected chi connectivity index (χ1v) is 9.53. The number of para-hydroxylation sites is 1. The molecule has 3 atom stereocenters. The van der Waals surface area contributed by atoms with Crippen LogP contribution < -0.4 is 14.8 Å². The molecule has 1 fully saturated rings. The number of nitrogens with one attached hydrogen (secondary N) is 1. The third-order valence-electron chi connectivity index (χ3n) is 6.13. The van der Waals surface area contributed by atoms with Crippen LogP contribution in [0.1, 0.15) is 36.0 Å². The minimum absolute atomic E-state index is 0.0185. The van der Waals surface area contributed by atoms with Crippen molar-refractivity contribution in [3.8, 4) is 11.5 Å². The van der Waals surface area contributed by atoms with Crippen molar-refractivity contribution in [2.24, 2.45) is 0 Å². The molecule has 0 saturated carbocycles. The van der Waals surface area contributed by atoms with Crippen LogP contribution in [-0.2, 0) is 14.9 Å². The summed E-state index contributed by atoms with van der Waals surface area (Å²) in [5.41, 5.74) is 2.93. The third-order valence-corrected chi connectivity index (χ3v) is 6.13. The Morgan fingerprint density at radius 1 is 1.26 bits per heavy atom. The largest absolute Gasteiger partial charge is 0.496 e. The van der Waals surface area contributed by atoms with Crippen molar-refractivity contribution in [1.29, 1.82) is 0 Å². The van der Waals surface area contributed by atoms with Crippen LogP contribution in [0.2, 0.25) is 0 Å². The topological polar surface area (TPSA) is 56.8 Å². The number of carbonyl (C=O) groups is 1. The molecule has 0 aliphatic carbocycles. The summed E-state index contributed by atoms with van der Waals surface area (Å²) in [5.74, 6) is 1.48. The molecule has 1 amide bonds. The van der Waals surface area contributed by atoms with Gasteiger partial charge in [0, 0.05) is 30.3 Å². The fourth-order valence-corrected chi connectivity index (χ4v) is 4.87. The zero-order valence-electron chi connectivity index (χ0n) is 15.6. The van der Waals surface area contributed by atoms with Crippen molar-refractivity contribution in [2.45, 2.75) is 43.8 Å². The highest BCUT2D eigenvalue weighted by Crippen LogP contribution is 2.55. The fraction of sp³-hybridized carbons (Fsp3) is 0.409. The van der Waals surface area contributed by atoms with Gasteiger partial charge in [0.2, 0.25) is 5.91 Å². The molecule has 2 aromatic carbocycles. The van der Waals surface area contributed by atoms with Gasteiger partial charge in [-0.3, -0.25) is 4.79 Å². The molecule has 1 saturated heterocycles. The Morgan fingerprint density at radius 2 is 2.11 bits per heavy atom. The van der Waals surface area contributed by atoms with Crippen molar-refractivity contribution in [3.05, 3.63) is 53.1 Å². The van der Waals surface area contributed by atoms with Crippen molar-refractivity contribution >= 4 is 11.6 Å². The zero-order chi connectivity index (χ0) is 18.6. The predicted octanol–water partition coefficient (Wildman–Crippen LogP) is 3.57. The SMILES string of the molecule is COc1cc2c(cc1C)C1(C(=O)Nc3ccccc31)C(C[C@H]1CCCO1)O2. The summed E-state index contributed by atoms with van der Waals surface area (Å²) in [5, 5.41) is 3.08. The molecule has 5 heteroatoms. The van der Waals surface area contributed by atoms with E-state index in [4.69, 9.17) is 14.2 Å². The molecule has 5 rings (SSSR count). The van der Waals surface area contributed by atoms with Gasteiger partial charge in [0.05, 0.1) is 13.2 Å². The number of amides is 1. The lowest BCUT2D eigenvalue weighted by atomic mass is 9.70. The molecule has 1 N–H and O–H groups in total. The van der Waals surface area contributed by atoms with Crippen LogP contribution in [0, 0.1) is 6.92 Å². The van der Waals surface area contributed by atoms with Gasteiger partial charge in [-0.25, -0.2) is 0 Å². The molecule has 1 spiro atoms. The first-order chi connectivity index (χ1) is 13.1. The highest BCUT2D eigenvalue weighted by Gasteiger charge is 2.60. The van der Waals surface area contributed by atoms with Crippen LogP contribution in [0.15, 0.2) is 36.4 Å². The Bertz CT molecular complexity index is 919. The van der Waals surface area contributed by atoms with Gasteiger partial charge in [-0.2, -0.15) is 0 Å². The number of hydrogen-bond acceptors (Lipinski definition) is 4. The van der Waals surface area contributed by atoms with E-state index in [9.17, 15) is 4.79 Å². The minimum atomic E-state index is -0.838. The molecule has 3 aliphatic heterocycles. The number of carbonyl (C=O) groups excluding carboxylic acids is 1. The van der Waals surface area contributed by atoms with Gasteiger partial charge in [0.25, 0.3) is 0 Å². The van der Waals surface area contributed by atoms with Gasteiger partial charge in [0.15, 0.2) is 0 Å². The number of aryl methyl sites for hydroxylation is 1. The van der Waals surface area contributed by atoms with Crippen molar-refractivity contribution in [3.63, 3.8) is 0 Å². The Morgan fingerprint density at radius 3 is 2.89 bits per heavy atom. The number of benzene rings is 2. The van der Waals surface area contributed by atoms with Gasteiger partial charge >= 0.3 is 0 Å². The third kappa shape index (κ3) is 2.24. The highest BCUT2D eigenvalue weighted by molar-refractivity contribution is 6.10. The molecule has 27 heavy (non-hydrogen) atoms. The van der Waals surface area contributed by atoms with E-state index in [-0.39, 0.29) is 18.1 Å². The van der Waals surface area contributed by atoms with E-state index in [1.54, 1.807) is 7.11 Å². The van der Waals surface area contributed by atoms with Gasteiger partial charge in [-0.15, -0.1) is 0 Å². The van der Waals surface area contributed by atoms with Crippen LogP contribution in [0.25, 0.3) is 0 Å². The van der Waals surface area contributed by atoms with Gasteiger partial charge < -0.3 is 19.5 Å². The van der Waals surface area contributed by atoms with Gasteiger partial charge in [-0.1, -0.05) is 18.2 Å². The summed E-state index contributed by atoms with van der Waals surface area (Å²) < 4.78 is 17.8. The van der Waals surface area contributed by atoms with E-state index in [2.05, 4.69) is 5.32 Å². The molecular formula is C22H23NO4. The smallest absolute Gasteiger partial charge is 0.243 e. The van der Waals surface area contributed by atoms with E-state index in [0.717, 1.165) is 53.3 Å². The average molecular weight is 365 g/mol. The van der Waals surface area contributed by atoms with E-state index >= 15 is 0 Å². The Hall–Kier alpha value is -2.53. The van der Waals surface area contributed by atoms with Crippen LogP contribution in [-0.4, -0.2) is 31.8 Å². The first-order valence-electron chi connectivity index (χ1n) is 9.53. The van der Waals surface area contributed by atoms with Gasteiger partial charge in [0.1, 0.15) is 23.0 Å². The summed E-state index contributed by atoms with van der Waals surface area (Å²) in [6, 6.07) is 11.9. The van der Waals surface area contributed by atoms with E-state index in [0.29, 0.717) is 6.42 Å². The van der Waals surface area contributed by atoms with Gasteiger partial charge in [-0.05, 0) is 43.0 Å². The Kier molecular flexibility index (Phi) is 3.69. The number of ether oxygens (including phenoxy) is 3. The normalized spacial score (nSPS) is 28.0. The predicted molar refractivity (Wildman–Crippen MR) is 102 cm³/mol. The van der Waals surface area contributed by atoms with Crippen LogP contribution in [0.4, 0.5) is 5.69 Å². The molecule has 2 unspecified atom stereocenters. The number of anilines is 1. The van der Waals surface area contributed by atoms with Crippen molar-refractivity contribution in [2.75, 3.05) is 19.0 Å². The molecule has 2 aromatic rings. The second kappa shape index (κ2) is 5.99. The Labute approximate surface area is 158 Å². The lowest BCUT2D eigenvalue weighted by molar-refractivity contribution is -0.121. The van der Waals surface area contributed by atoms with Crippen LogP contribution >= 0.6 is 0 Å². The number of fused-ring (bicyclic) bond motifs is 4. The molecular weight excluding hydrogens is 342 g/mol. The molecule has 5 nitrogen and oxygen atoms in total. The maximum Gasteiger partial charge on any atom is 0.243 e. The average Bonchev–Trinajstić information content (AvgIpc) is 3.35. The lowest BCUT2D eigenvalue weighted by Gasteiger charge is -2.30. The zero-order valence-corrected chi connectivity index (χ0v) is 15.6. The summed E-state index contributed by atoms with van der Waals surface area (Å²) in [7, 11) is 1.65. The second-order valence-corrected chi connectivity index (χ2v) is 7.60. The molecule has 0 radical (unpaired) electrons. The maximum atomic E-state index is 13.4. The number of methoxy groups -OCH3 is 1. The lowest BCUT2D eigenvalue weighted by Crippen LogP contribution is -2.46. The van der Waals surface area contributed by atoms with Crippen LogP contribution in [0.3, 0.4) is 0 Å². The quantitative estimate of drug-likeness (QED) is 0.903. The minimum Gasteiger partial charge on any atom is -0.496 e. The summed E-state index contributed by atoms with van der Waals surface area (Å²) in [4.78, 5) is 13.4. The second-order valence-electron chi connectivity index (χ2n) is 7.60. The maximum absolute atomic E-state index is 13.4. The molecule has 0 bridgehead atoms. The van der Waals surface area contributed by atoms with E-state index in [1.165, 1.54) is 0 Å². The molecule has 140 valence electrons. The summed E-state index contributed by atoms with van der Waals surface area (Å²) >= 11 is 0. The van der Waals surface area contributed by atoms with Crippen LogP contribution in [0.5, 0.6) is 11.5 Å². The standard InChI is InChI=1S/C22H23NO4/c1-13-10-16-19(12-18(13)25-2)27-20(11-14-6-5-9-26-14)22(16)15-7-3-4-8-17(15)23-21(22)24/h3-4,7-8,10,12,14,20H,5-6,9,11H2,1-2H3,(H,23,24)/t14-,20?,22?/m1/s1.